The molecule has 0 aliphatic rings. The van der Waals surface area contributed by atoms with Gasteiger partial charge >= 0.3 is 13.8 Å². The number of carbonyl (C=O) groups is 1. The van der Waals surface area contributed by atoms with Crippen molar-refractivity contribution in [3.63, 3.8) is 0 Å². The van der Waals surface area contributed by atoms with Crippen LogP contribution in [0.1, 0.15) is 6.92 Å². The number of rotatable bonds is 6. The van der Waals surface area contributed by atoms with E-state index in [4.69, 9.17) is 5.11 Å². The first-order valence-corrected chi connectivity index (χ1v) is 4.90. The molecule has 0 heterocycles. The molecule has 0 aromatic heterocycles. The quantitative estimate of drug-likeness (QED) is 0.397. The van der Waals surface area contributed by atoms with E-state index in [0.717, 1.165) is 6.08 Å². The van der Waals surface area contributed by atoms with Crippen LogP contribution >= 0.6 is 7.82 Å². The number of hydrogen-bond donors (Lipinski definition) is 1. The molecule has 0 fully saturated rings. The van der Waals surface area contributed by atoms with Crippen LogP contribution in [-0.4, -0.2) is 24.5 Å². The van der Waals surface area contributed by atoms with Gasteiger partial charge in [-0.25, -0.2) is 13.9 Å². The third-order valence-corrected chi connectivity index (χ3v) is 2.28. The Morgan fingerprint density at radius 2 is 2.23 bits per heavy atom. The third kappa shape index (κ3) is 4.80. The van der Waals surface area contributed by atoms with E-state index < -0.39 is 20.6 Å². The van der Waals surface area contributed by atoms with Crippen molar-refractivity contribution in [3.8, 4) is 0 Å². The van der Waals surface area contributed by atoms with Gasteiger partial charge in [0.25, 0.3) is 0 Å². The highest BCUT2D eigenvalue weighted by atomic mass is 31.2. The molecule has 0 saturated heterocycles. The van der Waals surface area contributed by atoms with Crippen molar-refractivity contribution < 1.29 is 28.0 Å². The van der Waals surface area contributed by atoms with Crippen molar-refractivity contribution >= 4 is 13.8 Å². The van der Waals surface area contributed by atoms with Crippen molar-refractivity contribution in [1.29, 1.82) is 0 Å². The van der Waals surface area contributed by atoms with Crippen LogP contribution in [0, 0.1) is 0 Å². The average Bonchev–Trinajstić information content (AvgIpc) is 2.04. The summed E-state index contributed by atoms with van der Waals surface area (Å²) < 4.78 is 24.3. The molecular formula is C6H11O6P. The summed E-state index contributed by atoms with van der Waals surface area (Å²) in [5.41, 5.74) is 0. The molecule has 0 rings (SSSR count). The van der Waals surface area contributed by atoms with E-state index in [1.54, 1.807) is 0 Å². The molecule has 13 heavy (non-hydrogen) atoms. The number of aliphatic hydroxyl groups excluding tert-OH is 1. The highest BCUT2D eigenvalue weighted by molar-refractivity contribution is 7.49. The van der Waals surface area contributed by atoms with Gasteiger partial charge < -0.3 is 9.63 Å². The molecule has 0 radical (unpaired) electrons. The van der Waals surface area contributed by atoms with Crippen LogP contribution in [0.15, 0.2) is 12.7 Å². The monoisotopic (exact) mass is 210 g/mol. The molecule has 0 spiro atoms. The summed E-state index contributed by atoms with van der Waals surface area (Å²) >= 11 is 0. The minimum atomic E-state index is -3.96. The predicted molar refractivity (Wildman–Crippen MR) is 43.7 cm³/mol. The Kier molecular flexibility index (Phi) is 5.57. The number of phosphoric acid groups is 1. The molecule has 0 saturated carbocycles. The van der Waals surface area contributed by atoms with E-state index in [1.165, 1.54) is 6.92 Å². The Labute approximate surface area is 75.7 Å². The van der Waals surface area contributed by atoms with Crippen LogP contribution in [-0.2, 0) is 22.9 Å². The van der Waals surface area contributed by atoms with Crippen LogP contribution in [0.3, 0.4) is 0 Å². The van der Waals surface area contributed by atoms with Crippen LogP contribution in [0.5, 0.6) is 0 Å². The molecule has 0 aliphatic carbocycles. The molecule has 1 atom stereocenters. The van der Waals surface area contributed by atoms with Gasteiger partial charge in [-0.3, -0.25) is 4.52 Å². The summed E-state index contributed by atoms with van der Waals surface area (Å²) in [7, 11) is -3.96. The molecule has 6 nitrogen and oxygen atoms in total. The van der Waals surface area contributed by atoms with Gasteiger partial charge in [-0.1, -0.05) is 6.58 Å². The Morgan fingerprint density at radius 3 is 2.62 bits per heavy atom. The van der Waals surface area contributed by atoms with Crippen molar-refractivity contribution in [1.82, 2.24) is 0 Å². The minimum absolute atomic E-state index is 0.0295. The first-order valence-electron chi connectivity index (χ1n) is 3.44. The van der Waals surface area contributed by atoms with Gasteiger partial charge in [0.2, 0.25) is 0 Å². The van der Waals surface area contributed by atoms with Crippen molar-refractivity contribution in [2.24, 2.45) is 0 Å². The van der Waals surface area contributed by atoms with Crippen LogP contribution in [0.4, 0.5) is 0 Å². The summed E-state index contributed by atoms with van der Waals surface area (Å²) in [6, 6.07) is 0. The Morgan fingerprint density at radius 1 is 1.62 bits per heavy atom. The fourth-order valence-corrected chi connectivity index (χ4v) is 1.40. The molecule has 7 heteroatoms. The zero-order valence-corrected chi connectivity index (χ0v) is 8.03. The van der Waals surface area contributed by atoms with Gasteiger partial charge in [-0.15, -0.1) is 0 Å². The van der Waals surface area contributed by atoms with Crippen LogP contribution in [0.25, 0.3) is 0 Å². The van der Waals surface area contributed by atoms with E-state index in [0.29, 0.717) is 0 Å². The molecule has 0 aromatic carbocycles. The van der Waals surface area contributed by atoms with Gasteiger partial charge in [-0.05, 0) is 6.92 Å². The second kappa shape index (κ2) is 5.88. The van der Waals surface area contributed by atoms with E-state index in [1.807, 2.05) is 0 Å². The lowest BCUT2D eigenvalue weighted by Crippen LogP contribution is -2.05. The lowest BCUT2D eigenvalue weighted by molar-refractivity contribution is -0.131. The fraction of sp³-hybridized carbons (Fsp3) is 0.500. The highest BCUT2D eigenvalue weighted by Crippen LogP contribution is 2.49. The van der Waals surface area contributed by atoms with E-state index >= 15 is 0 Å². The molecule has 0 amide bonds. The van der Waals surface area contributed by atoms with Crippen molar-refractivity contribution in [3.05, 3.63) is 12.7 Å². The number of carbonyl (C=O) groups excluding carboxylic acids is 1. The van der Waals surface area contributed by atoms with Crippen LogP contribution < -0.4 is 0 Å². The first-order chi connectivity index (χ1) is 6.08. The maximum absolute atomic E-state index is 11.3. The van der Waals surface area contributed by atoms with E-state index in [9.17, 15) is 9.36 Å². The van der Waals surface area contributed by atoms with Gasteiger partial charge in [0.05, 0.1) is 6.61 Å². The molecule has 0 aliphatic heterocycles. The second-order valence-corrected chi connectivity index (χ2v) is 3.33. The largest absolute Gasteiger partial charge is 0.534 e. The van der Waals surface area contributed by atoms with E-state index in [-0.39, 0.29) is 6.61 Å². The molecule has 1 unspecified atom stereocenters. The van der Waals surface area contributed by atoms with Gasteiger partial charge in [0.1, 0.15) is 0 Å². The average molecular weight is 210 g/mol. The normalized spacial score (nSPS) is 14.6. The standard InChI is InChI=1S/C6H11O6P/c1-3-6(8)12-13(9,10-4-2)11-5-7/h3,7H,1,4-5H2,2H3. The van der Waals surface area contributed by atoms with Gasteiger partial charge in [-0.2, -0.15) is 0 Å². The smallest absolute Gasteiger partial charge is 0.370 e. The summed E-state index contributed by atoms with van der Waals surface area (Å²) in [4.78, 5) is 10.6. The summed E-state index contributed by atoms with van der Waals surface area (Å²) in [5, 5.41) is 8.32. The highest BCUT2D eigenvalue weighted by Gasteiger charge is 2.29. The van der Waals surface area contributed by atoms with Crippen LogP contribution in [0.2, 0.25) is 0 Å². The molecule has 0 bridgehead atoms. The molecule has 76 valence electrons. The maximum atomic E-state index is 11.3. The van der Waals surface area contributed by atoms with Crippen molar-refractivity contribution in [2.45, 2.75) is 6.92 Å². The second-order valence-electron chi connectivity index (χ2n) is 1.74. The summed E-state index contributed by atoms with van der Waals surface area (Å²) in [6.45, 7) is 3.80. The van der Waals surface area contributed by atoms with E-state index in [2.05, 4.69) is 20.2 Å². The van der Waals surface area contributed by atoms with Gasteiger partial charge in [0.15, 0.2) is 6.79 Å². The SMILES string of the molecule is C=CC(=O)OP(=O)(OCC)OCO. The lowest BCUT2D eigenvalue weighted by atomic mass is 10.7. The zero-order chi connectivity index (χ0) is 10.3. The predicted octanol–water partition coefficient (Wildman–Crippen LogP) is 0.827. The molecule has 1 N–H and O–H groups in total. The minimum Gasteiger partial charge on any atom is -0.370 e. The Balaban J connectivity index is 4.31. The number of hydrogen-bond acceptors (Lipinski definition) is 6. The summed E-state index contributed by atoms with van der Waals surface area (Å²) in [5.74, 6) is -0.940. The van der Waals surface area contributed by atoms with Crippen molar-refractivity contribution in [2.75, 3.05) is 13.4 Å². The Hall–Kier alpha value is -0.680. The molecular weight excluding hydrogens is 199 g/mol. The Bertz CT molecular complexity index is 215. The molecule has 0 aromatic rings. The third-order valence-electron chi connectivity index (χ3n) is 0.872. The van der Waals surface area contributed by atoms with Gasteiger partial charge in [0, 0.05) is 6.08 Å². The zero-order valence-electron chi connectivity index (χ0n) is 7.13. The fourth-order valence-electron chi connectivity index (χ4n) is 0.466. The number of phosphoric ester groups is 1. The number of aliphatic hydroxyl groups is 1. The maximum Gasteiger partial charge on any atom is 0.534 e. The first kappa shape index (κ1) is 12.3. The topological polar surface area (TPSA) is 82.1 Å². The summed E-state index contributed by atoms with van der Waals surface area (Å²) in [6.07, 6.45) is 0.812. The lowest BCUT2D eigenvalue weighted by Gasteiger charge is -2.13.